The molecule has 1 aliphatic rings. The fourth-order valence-electron chi connectivity index (χ4n) is 9.10. The Morgan fingerprint density at radius 3 is 1.15 bits per heavy atom. The number of thiocarbonyl (C=S) groups is 2. The van der Waals surface area contributed by atoms with Crippen LogP contribution in [0.1, 0.15) is 173 Å². The number of carbonyl (C=O) groups excluding carboxylic acids is 7. The quantitative estimate of drug-likeness (QED) is 0.0117. The van der Waals surface area contributed by atoms with E-state index >= 15 is 0 Å². The van der Waals surface area contributed by atoms with E-state index in [1.807, 2.05) is 25.2 Å². The van der Waals surface area contributed by atoms with E-state index < -0.39 is 158 Å². The molecule has 0 aliphatic carbocycles. The number of aromatic carboxylic acids is 2. The van der Waals surface area contributed by atoms with Crippen molar-refractivity contribution < 1.29 is 167 Å². The Balaban J connectivity index is 0.000000819. The van der Waals surface area contributed by atoms with Gasteiger partial charge >= 0.3 is 63.3 Å². The standard InChI is InChI=1S/C12H13N3O2.C12H10N2O2.C10H11N3O5S.C9H8F3N3O6S2.C9H9NO4.C9H11NO3.C7H7N3S2.C7H5NO2S2.C6H9NO4.C4H5NO4/c1-12(2,10-6-7-13-15-10)9-5-3-4-8(14-9)11(16)17;15-11-7-3-1-5-9(11)13-14-10-6-2-4-8-12(10)16;1-6(14)11-9(15)7-4-3-5-8(12-7)10(16)13-19(2,17)18;1-22(18,19)14-7(16)5-3-2-4-6(13-5)8(17)15-23(20,21)9(10,11)12;11-8(12)4-6-2-1-3-7(10-6)5-9(13)14;1-9(2,13)7-5-3-4-6(10-7)8(11)12;8-6(11)4-2-1-3-5(10-4)7(9)12;9-6(11)4-2-1-3-5(8-4)7(10)12;1-3(5(8)9)7-4(2)6(10)11;6-3(7)1-5-2-4(8)9/h3-5,7H,6H2,1-2H3,(H,16,17);1-8,15-16H;3-5H,1-2H3,(H,13,16)(H,11,14,15);2-4H,1H3,(H,14,16)(H,15,17);1-3H,4-5H2,(H,11,12)(H,13,14);3-5,13H,1-2H3,(H,11,12);1-3H,(H2,8,11)(H2,9,12);1-3H,(H,9,11)(H,10,12);3H,1-2H3,(H,8,9)(H,10,11);1H,2H2,(H,6,7)(H,8,9). The number of pyridine rings is 7. The maximum absolute atomic E-state index is 12.1. The van der Waals surface area contributed by atoms with Crippen LogP contribution in [0.5, 0.6) is 11.5 Å². The SMILES string of the molecule is CC(=NC(C)C(=O)O)C(=O)O.CC(=O)NC(=O)c1cccc(C(=O)NS(C)(=O)=O)n1.CC(C)(C1=NN=CC1)c1cccc(C(=O)O)n1.CC(C)(O)c1cccc(C(=O)O)n1.CS(=O)(=O)NC(=O)c1cccc(C(=O)NS(=O)(=O)C(F)(F)F)n1.NC(=S)c1cccc(C(N)=S)n1.O=C(O)C=NCC(=O)O.O=C(O)Cc1cccc(CC(=O)O)n1.O=C(S)c1cccc(C(=O)S)n1.Oc1ccccc1N=Nc1ccccc1O. The monoisotopic (exact) mass is 2170 g/mol. The van der Waals surface area contributed by atoms with Gasteiger partial charge in [0, 0.05) is 25.0 Å². The number of aliphatic imine (C=N–C) groups is 2. The molecule has 778 valence electrons. The molecule has 0 saturated heterocycles. The number of nitrogens with zero attached hydrogens (tertiary/aromatic N) is 13. The molecule has 51 nitrogen and oxygen atoms in total. The highest BCUT2D eigenvalue weighted by Gasteiger charge is 2.47. The minimum absolute atomic E-state index is 0.0510. The van der Waals surface area contributed by atoms with Crippen LogP contribution in [0.4, 0.5) is 24.5 Å². The number of nitrogens with one attached hydrogen (secondary N) is 4. The number of phenols is 2. The van der Waals surface area contributed by atoms with Gasteiger partial charge in [0.25, 0.3) is 23.6 Å². The Bertz CT molecular complexity index is 6670. The van der Waals surface area contributed by atoms with Crippen LogP contribution in [-0.4, -0.2) is 268 Å². The van der Waals surface area contributed by atoms with E-state index in [9.17, 15) is 126 Å². The van der Waals surface area contributed by atoms with Crippen molar-refractivity contribution in [1.29, 1.82) is 0 Å². The van der Waals surface area contributed by atoms with E-state index in [2.05, 4.69) is 90.6 Å². The number of aliphatic carboxylic acids is 6. The number of phenolic OH excluding ortho intramolecular Hbond substituents is 2. The molecule has 0 fully saturated rings. The van der Waals surface area contributed by atoms with Crippen LogP contribution < -0.4 is 31.0 Å². The molecule has 10 rings (SSSR count). The fraction of sp³-hybridized carbons (Fsp3) is 0.200. The van der Waals surface area contributed by atoms with Crippen molar-refractivity contribution in [3.05, 3.63) is 256 Å². The Kier molecular flexibility index (Phi) is 52.6. The number of rotatable bonds is 28. The maximum Gasteiger partial charge on any atom is 0.516 e. The smallest absolute Gasteiger partial charge is 0.506 e. The van der Waals surface area contributed by atoms with Crippen molar-refractivity contribution in [3.63, 3.8) is 0 Å². The largest absolute Gasteiger partial charge is 0.516 e. The molecule has 5 amide bonds. The zero-order valence-corrected chi connectivity index (χ0v) is 82.7. The molecular weight excluding hydrogens is 2080 g/mol. The molecule has 1 aliphatic heterocycles. The number of sulfonamides is 3. The van der Waals surface area contributed by atoms with Crippen molar-refractivity contribution in [2.24, 2.45) is 41.9 Å². The molecule has 0 radical (unpaired) electrons. The molecule has 1 atom stereocenters. The van der Waals surface area contributed by atoms with Crippen LogP contribution in [0.2, 0.25) is 0 Å². The van der Waals surface area contributed by atoms with Gasteiger partial charge in [-0.25, -0.2) is 84.9 Å². The number of thiol groups is 2. The lowest BCUT2D eigenvalue weighted by Crippen LogP contribution is -2.40. The van der Waals surface area contributed by atoms with Crippen LogP contribution in [0.25, 0.3) is 0 Å². The lowest BCUT2D eigenvalue weighted by molar-refractivity contribution is -0.138. The normalized spacial score (nSPS) is 11.4. The lowest BCUT2D eigenvalue weighted by Gasteiger charge is -2.23. The second kappa shape index (κ2) is 60.4. The molecule has 9 aromatic rings. The first kappa shape index (κ1) is 127. The molecule has 1 unspecified atom stereocenters. The number of benzene rings is 2. The number of carbonyl (C=O) groups is 15. The van der Waals surface area contributed by atoms with Crippen molar-refractivity contribution >= 4 is 212 Å². The van der Waals surface area contributed by atoms with E-state index in [1.54, 1.807) is 122 Å². The third-order valence-corrected chi connectivity index (χ3v) is 18.8. The fourth-order valence-corrected chi connectivity index (χ4v) is 10.9. The number of para-hydroxylation sites is 2. The number of carboxylic acids is 8. The molecule has 0 spiro atoms. The average molecular weight is 2170 g/mol. The summed E-state index contributed by atoms with van der Waals surface area (Å²) < 4.78 is 106. The van der Waals surface area contributed by atoms with Gasteiger partial charge in [-0.2, -0.15) is 31.8 Å². The van der Waals surface area contributed by atoms with Gasteiger partial charge in [0.2, 0.25) is 36.2 Å². The maximum atomic E-state index is 12.1. The Morgan fingerprint density at radius 2 is 0.822 bits per heavy atom. The summed E-state index contributed by atoms with van der Waals surface area (Å²) in [5.41, 5.74) is 6.24. The van der Waals surface area contributed by atoms with Crippen molar-refractivity contribution in [3.8, 4) is 11.5 Å². The molecule has 146 heavy (non-hydrogen) atoms. The number of azo groups is 1. The van der Waals surface area contributed by atoms with Gasteiger partial charge in [-0.05, 0) is 151 Å². The summed E-state index contributed by atoms with van der Waals surface area (Å²) in [5.74, 6) is -14.0. The Labute approximate surface area is 846 Å². The molecule has 61 heteroatoms. The van der Waals surface area contributed by atoms with Gasteiger partial charge in [-0.15, -0.1) is 10.2 Å². The first-order chi connectivity index (χ1) is 67.5. The summed E-state index contributed by atoms with van der Waals surface area (Å²) in [7, 11) is -13.6. The van der Waals surface area contributed by atoms with Crippen LogP contribution in [0, 0.1) is 0 Å². The highest BCUT2D eigenvalue weighted by Crippen LogP contribution is 2.32. The number of nitrogens with two attached hydrogens (primary N) is 2. The number of aliphatic hydroxyl groups is 1. The van der Waals surface area contributed by atoms with Gasteiger partial charge in [0.15, 0.2) is 0 Å². The molecule has 2 aromatic carbocycles. The third-order valence-electron chi connectivity index (χ3n) is 15.8. The predicted octanol–water partition coefficient (Wildman–Crippen LogP) is 5.94. The number of halogens is 3. The summed E-state index contributed by atoms with van der Waals surface area (Å²) in [4.78, 5) is 193. The van der Waals surface area contributed by atoms with Crippen LogP contribution in [0.3, 0.4) is 0 Å². The van der Waals surface area contributed by atoms with Gasteiger partial charge < -0.3 is 67.6 Å². The summed E-state index contributed by atoms with van der Waals surface area (Å²) in [6, 6.07) is 42.9. The number of amides is 5. The highest BCUT2D eigenvalue weighted by atomic mass is 32.2. The highest BCUT2D eigenvalue weighted by molar-refractivity contribution is 7.97. The zero-order valence-electron chi connectivity index (χ0n) is 76.8. The molecule has 7 aromatic heterocycles. The predicted molar refractivity (Wildman–Crippen MR) is 526 cm³/mol. The van der Waals surface area contributed by atoms with Gasteiger partial charge in [-0.1, -0.05) is 116 Å². The first-order valence-electron chi connectivity index (χ1n) is 39.5. The first-order valence-corrected chi connectivity index (χ1v) is 46.4. The van der Waals surface area contributed by atoms with Crippen LogP contribution >= 0.6 is 49.7 Å². The van der Waals surface area contributed by atoms with E-state index in [-0.39, 0.29) is 74.2 Å². The lowest BCUT2D eigenvalue weighted by atomic mass is 9.82. The van der Waals surface area contributed by atoms with E-state index in [4.69, 9.17) is 76.8 Å². The van der Waals surface area contributed by atoms with Crippen LogP contribution in [-0.2, 0) is 87.5 Å². The number of hydrogen-bond acceptors (Lipinski definition) is 39. The molecule has 0 saturated carbocycles. The Morgan fingerprint density at radius 1 is 0.473 bits per heavy atom. The molecular formula is C85H88F3N19O32S7. The van der Waals surface area contributed by atoms with E-state index in [0.717, 1.165) is 41.8 Å². The van der Waals surface area contributed by atoms with E-state index in [0.29, 0.717) is 64.4 Å². The summed E-state index contributed by atoms with van der Waals surface area (Å²) in [5, 5.41) is 112. The van der Waals surface area contributed by atoms with Gasteiger partial charge in [-0.3, -0.25) is 68.2 Å². The summed E-state index contributed by atoms with van der Waals surface area (Å²) in [6.07, 6.45) is 4.08. The van der Waals surface area contributed by atoms with E-state index in [1.165, 1.54) is 73.2 Å². The molecule has 0 bridgehead atoms. The number of aromatic hydroxyl groups is 2. The second-order valence-electron chi connectivity index (χ2n) is 28.6. The summed E-state index contributed by atoms with van der Waals surface area (Å²) >= 11 is 16.6. The molecule has 19 N–H and O–H groups in total. The van der Waals surface area contributed by atoms with Crippen molar-refractivity contribution in [2.45, 2.75) is 90.3 Å². The summed E-state index contributed by atoms with van der Waals surface area (Å²) in [6.45, 7) is 10.3. The average Bonchev–Trinajstić information content (AvgIpc) is 1.68. The van der Waals surface area contributed by atoms with Crippen molar-refractivity contribution in [1.82, 2.24) is 54.4 Å². The Hall–Kier alpha value is -16.9. The number of imide groups is 1. The minimum atomic E-state index is -5.94. The number of alkyl halides is 3. The third kappa shape index (κ3) is 51.0. The number of hydrogen-bond donors (Lipinski definition) is 19. The topological polar surface area (TPSA) is 846 Å². The second-order valence-corrected chi connectivity index (χ2v) is 35.5. The minimum Gasteiger partial charge on any atom is -0.506 e. The zero-order chi connectivity index (χ0) is 112. The van der Waals surface area contributed by atoms with Crippen molar-refractivity contribution in [2.75, 3.05) is 19.1 Å². The van der Waals surface area contributed by atoms with Crippen LogP contribution in [0.15, 0.2) is 206 Å². The van der Waals surface area contributed by atoms with Gasteiger partial charge in [0.05, 0.1) is 65.2 Å². The number of aromatic nitrogens is 7. The van der Waals surface area contributed by atoms with Gasteiger partial charge in [0.1, 0.15) is 109 Å². The number of carboxylic acid groups (broad SMARTS) is 8. The molecule has 8 heterocycles.